The van der Waals surface area contributed by atoms with Gasteiger partial charge < -0.3 is 14.9 Å². The third-order valence-corrected chi connectivity index (χ3v) is 3.85. The molecule has 0 bridgehead atoms. The van der Waals surface area contributed by atoms with E-state index >= 15 is 0 Å². The fraction of sp³-hybridized carbons (Fsp3) is 0.600. The smallest absolute Gasteiger partial charge is 0.0900 e. The highest BCUT2D eigenvalue weighted by molar-refractivity contribution is 6.30. The molecular formula is C15H22ClNO3. The van der Waals surface area contributed by atoms with E-state index in [1.54, 1.807) is 0 Å². The minimum Gasteiger partial charge on any atom is -0.392 e. The van der Waals surface area contributed by atoms with Gasteiger partial charge in [-0.15, -0.1) is 0 Å². The molecule has 112 valence electrons. The fourth-order valence-electron chi connectivity index (χ4n) is 2.41. The van der Waals surface area contributed by atoms with Crippen LogP contribution < -0.4 is 0 Å². The van der Waals surface area contributed by atoms with E-state index in [1.165, 1.54) is 0 Å². The highest BCUT2D eigenvalue weighted by atomic mass is 35.5. The molecule has 1 aromatic rings. The maximum absolute atomic E-state index is 9.97. The van der Waals surface area contributed by atoms with Crippen LogP contribution in [0.3, 0.4) is 0 Å². The lowest BCUT2D eigenvalue weighted by Gasteiger charge is -2.21. The van der Waals surface area contributed by atoms with Crippen molar-refractivity contribution in [2.24, 2.45) is 0 Å². The monoisotopic (exact) mass is 299 g/mol. The van der Waals surface area contributed by atoms with Gasteiger partial charge in [-0.1, -0.05) is 23.7 Å². The second kappa shape index (κ2) is 7.38. The zero-order valence-electron chi connectivity index (χ0n) is 11.7. The van der Waals surface area contributed by atoms with Crippen LogP contribution in [0.2, 0.25) is 5.02 Å². The van der Waals surface area contributed by atoms with Crippen molar-refractivity contribution in [3.8, 4) is 0 Å². The summed E-state index contributed by atoms with van der Waals surface area (Å²) in [6, 6.07) is 7.52. The molecule has 1 aliphatic heterocycles. The number of hydrogen-bond donors (Lipinski definition) is 2. The Labute approximate surface area is 124 Å². The Balaban J connectivity index is 1.72. The summed E-state index contributed by atoms with van der Waals surface area (Å²) in [6.45, 7) is 4.27. The van der Waals surface area contributed by atoms with Gasteiger partial charge in [-0.25, -0.2) is 0 Å². The number of aliphatic hydroxyl groups excluding tert-OH is 2. The minimum absolute atomic E-state index is 0.0777. The van der Waals surface area contributed by atoms with Crippen LogP contribution in [0.5, 0.6) is 0 Å². The van der Waals surface area contributed by atoms with Crippen molar-refractivity contribution in [2.45, 2.75) is 31.7 Å². The van der Waals surface area contributed by atoms with Crippen LogP contribution in [0.1, 0.15) is 25.0 Å². The van der Waals surface area contributed by atoms with E-state index in [-0.39, 0.29) is 18.8 Å². The zero-order valence-corrected chi connectivity index (χ0v) is 12.5. The average molecular weight is 300 g/mol. The Kier molecular flexibility index (Phi) is 5.81. The summed E-state index contributed by atoms with van der Waals surface area (Å²) < 4.78 is 5.68. The molecule has 3 atom stereocenters. The maximum atomic E-state index is 9.97. The van der Waals surface area contributed by atoms with Gasteiger partial charge in [0.15, 0.2) is 0 Å². The van der Waals surface area contributed by atoms with Gasteiger partial charge >= 0.3 is 0 Å². The minimum atomic E-state index is -0.532. The van der Waals surface area contributed by atoms with Crippen molar-refractivity contribution in [3.05, 3.63) is 34.9 Å². The van der Waals surface area contributed by atoms with Gasteiger partial charge in [0.2, 0.25) is 0 Å². The van der Waals surface area contributed by atoms with Crippen LogP contribution in [0.15, 0.2) is 24.3 Å². The number of benzene rings is 1. The van der Waals surface area contributed by atoms with Gasteiger partial charge in [0.25, 0.3) is 0 Å². The Morgan fingerprint density at radius 1 is 1.40 bits per heavy atom. The number of likely N-dealkylation sites (tertiary alicyclic amines) is 1. The summed E-state index contributed by atoms with van der Waals surface area (Å²) in [7, 11) is 0. The van der Waals surface area contributed by atoms with Crippen molar-refractivity contribution >= 4 is 11.6 Å². The Hall–Kier alpha value is -0.650. The van der Waals surface area contributed by atoms with E-state index in [0.717, 1.165) is 18.5 Å². The summed E-state index contributed by atoms with van der Waals surface area (Å²) >= 11 is 5.84. The van der Waals surface area contributed by atoms with Crippen molar-refractivity contribution < 1.29 is 14.9 Å². The summed E-state index contributed by atoms with van der Waals surface area (Å²) in [5, 5.41) is 20.1. The van der Waals surface area contributed by atoms with E-state index in [0.29, 0.717) is 18.1 Å². The van der Waals surface area contributed by atoms with E-state index in [4.69, 9.17) is 16.3 Å². The first-order chi connectivity index (χ1) is 9.54. The Bertz CT molecular complexity index is 412. The van der Waals surface area contributed by atoms with Gasteiger partial charge in [-0.3, -0.25) is 4.90 Å². The molecule has 20 heavy (non-hydrogen) atoms. The van der Waals surface area contributed by atoms with Crippen molar-refractivity contribution in [1.29, 1.82) is 0 Å². The molecule has 0 saturated carbocycles. The molecule has 1 fully saturated rings. The van der Waals surface area contributed by atoms with Crippen LogP contribution in [-0.4, -0.2) is 53.6 Å². The molecule has 0 radical (unpaired) electrons. The molecule has 5 heteroatoms. The summed E-state index contributed by atoms with van der Waals surface area (Å²) in [6.07, 6.45) is -0.0772. The number of ether oxygens (including phenoxy) is 1. The topological polar surface area (TPSA) is 52.9 Å². The van der Waals surface area contributed by atoms with E-state index in [9.17, 15) is 10.2 Å². The molecule has 0 aromatic heterocycles. The SMILES string of the molecule is CC(OCC(O)CN1CCC(O)C1)c1ccc(Cl)cc1. The van der Waals surface area contributed by atoms with Crippen LogP contribution in [-0.2, 0) is 4.74 Å². The Morgan fingerprint density at radius 3 is 2.70 bits per heavy atom. The van der Waals surface area contributed by atoms with Crippen LogP contribution >= 0.6 is 11.6 Å². The van der Waals surface area contributed by atoms with Crippen LogP contribution in [0.25, 0.3) is 0 Å². The van der Waals surface area contributed by atoms with Gasteiger partial charge in [-0.05, 0) is 31.0 Å². The van der Waals surface area contributed by atoms with Crippen molar-refractivity contribution in [1.82, 2.24) is 4.90 Å². The second-order valence-electron chi connectivity index (χ2n) is 5.38. The highest BCUT2D eigenvalue weighted by Gasteiger charge is 2.22. The molecule has 2 N–H and O–H groups in total. The molecule has 3 unspecified atom stereocenters. The van der Waals surface area contributed by atoms with E-state index < -0.39 is 6.10 Å². The average Bonchev–Trinajstić information content (AvgIpc) is 2.82. The number of β-amino-alcohol motifs (C(OH)–C–C–N with tert-alkyl or cyclic N) is 2. The number of nitrogens with zero attached hydrogens (tertiary/aromatic N) is 1. The molecular weight excluding hydrogens is 278 g/mol. The van der Waals surface area contributed by atoms with Gasteiger partial charge in [0.05, 0.1) is 24.9 Å². The molecule has 1 heterocycles. The molecule has 0 spiro atoms. The van der Waals surface area contributed by atoms with Crippen LogP contribution in [0, 0.1) is 0 Å². The van der Waals surface area contributed by atoms with Crippen LogP contribution in [0.4, 0.5) is 0 Å². The maximum Gasteiger partial charge on any atom is 0.0900 e. The van der Waals surface area contributed by atoms with Crippen molar-refractivity contribution in [3.63, 3.8) is 0 Å². The summed E-state index contributed by atoms with van der Waals surface area (Å²) in [5.41, 5.74) is 1.04. The molecule has 1 saturated heterocycles. The molecule has 0 amide bonds. The second-order valence-corrected chi connectivity index (χ2v) is 5.82. The number of aliphatic hydroxyl groups is 2. The number of hydrogen-bond acceptors (Lipinski definition) is 4. The molecule has 1 aromatic carbocycles. The van der Waals surface area contributed by atoms with E-state index in [2.05, 4.69) is 4.90 Å². The largest absolute Gasteiger partial charge is 0.392 e. The van der Waals surface area contributed by atoms with Crippen molar-refractivity contribution in [2.75, 3.05) is 26.2 Å². The van der Waals surface area contributed by atoms with Gasteiger partial charge in [0.1, 0.15) is 0 Å². The van der Waals surface area contributed by atoms with Gasteiger partial charge in [0, 0.05) is 24.7 Å². The lowest BCUT2D eigenvalue weighted by molar-refractivity contribution is -0.0143. The lowest BCUT2D eigenvalue weighted by atomic mass is 10.1. The third kappa shape index (κ3) is 4.72. The first-order valence-corrected chi connectivity index (χ1v) is 7.38. The lowest BCUT2D eigenvalue weighted by Crippen LogP contribution is -2.34. The predicted molar refractivity (Wildman–Crippen MR) is 78.9 cm³/mol. The number of rotatable bonds is 6. The quantitative estimate of drug-likeness (QED) is 0.842. The van der Waals surface area contributed by atoms with E-state index in [1.807, 2.05) is 31.2 Å². The third-order valence-electron chi connectivity index (χ3n) is 3.59. The first kappa shape index (κ1) is 15.7. The highest BCUT2D eigenvalue weighted by Crippen LogP contribution is 2.19. The summed E-state index contributed by atoms with van der Waals surface area (Å²) in [4.78, 5) is 2.06. The fourth-order valence-corrected chi connectivity index (χ4v) is 2.54. The Morgan fingerprint density at radius 2 is 2.10 bits per heavy atom. The molecule has 1 aliphatic rings. The zero-order chi connectivity index (χ0) is 14.5. The first-order valence-electron chi connectivity index (χ1n) is 7.00. The molecule has 4 nitrogen and oxygen atoms in total. The summed E-state index contributed by atoms with van der Waals surface area (Å²) in [5.74, 6) is 0. The predicted octanol–water partition coefficient (Wildman–Crippen LogP) is 1.85. The number of halogens is 1. The standard InChI is InChI=1S/C15H22ClNO3/c1-11(12-2-4-13(16)5-3-12)20-10-15(19)9-17-7-6-14(18)8-17/h2-5,11,14-15,18-19H,6-10H2,1H3. The van der Waals surface area contributed by atoms with Gasteiger partial charge in [-0.2, -0.15) is 0 Å². The normalized spacial score (nSPS) is 22.9. The molecule has 0 aliphatic carbocycles. The molecule has 2 rings (SSSR count).